The predicted octanol–water partition coefficient (Wildman–Crippen LogP) is 1.14. The third kappa shape index (κ3) is 2.31. The molecule has 0 aromatic heterocycles. The Hall–Kier alpha value is -0.400. The first-order valence-electron chi connectivity index (χ1n) is 1.70. The maximum atomic E-state index is 9.76. The van der Waals surface area contributed by atoms with Crippen LogP contribution in [0.3, 0.4) is 0 Å². The lowest BCUT2D eigenvalue weighted by atomic mass is 10.7. The normalized spacial score (nSPS) is 14.0. The lowest BCUT2D eigenvalue weighted by Crippen LogP contribution is -1.66. The summed E-state index contributed by atoms with van der Waals surface area (Å²) in [4.78, 5) is 8.01. The van der Waals surface area contributed by atoms with Gasteiger partial charge >= 0.3 is 13.5 Å². The Labute approximate surface area is 42.2 Å². The minimum Gasteiger partial charge on any atom is -0.472 e. The molecule has 1 unspecified atom stereocenters. The second kappa shape index (κ2) is 2.72. The summed E-state index contributed by atoms with van der Waals surface area (Å²) >= 11 is 0. The van der Waals surface area contributed by atoms with Crippen LogP contribution in [0.2, 0.25) is 0 Å². The summed E-state index contributed by atoms with van der Waals surface area (Å²) in [6, 6.07) is 0. The fourth-order valence-corrected chi connectivity index (χ4v) is 0.331. The maximum Gasteiger partial charge on any atom is 0.584 e. The van der Waals surface area contributed by atoms with Crippen LogP contribution in [0.4, 0.5) is 0 Å². The van der Waals surface area contributed by atoms with Crippen LogP contribution in [-0.4, -0.2) is 10.00 Å². The first kappa shape index (κ1) is 6.60. The zero-order valence-corrected chi connectivity index (χ0v) is 4.72. The van der Waals surface area contributed by atoms with Crippen LogP contribution in [0.5, 0.6) is 0 Å². The van der Waals surface area contributed by atoms with Gasteiger partial charge < -0.3 is 5.11 Å². The maximum absolute atomic E-state index is 9.76. The van der Waals surface area contributed by atoms with E-state index in [1.165, 1.54) is 13.0 Å². The van der Waals surface area contributed by atoms with Gasteiger partial charge in [-0.1, -0.05) is 0 Å². The molecular formula is C3H6O3P+. The molecule has 7 heavy (non-hydrogen) atoms. The van der Waals surface area contributed by atoms with Crippen LogP contribution in [-0.2, 0) is 4.57 Å². The minimum absolute atomic E-state index is 0.463. The molecule has 0 radical (unpaired) electrons. The molecule has 0 saturated carbocycles. The lowest BCUT2D eigenvalue weighted by Gasteiger charge is -1.68. The van der Waals surface area contributed by atoms with Crippen LogP contribution >= 0.6 is 8.03 Å². The number of allylic oxidation sites excluding steroid dienone is 1. The van der Waals surface area contributed by atoms with Gasteiger partial charge in [0.05, 0.1) is 0 Å². The van der Waals surface area contributed by atoms with Gasteiger partial charge in [-0.15, -0.1) is 0 Å². The van der Waals surface area contributed by atoms with Gasteiger partial charge in [0.1, 0.15) is 0 Å². The van der Waals surface area contributed by atoms with E-state index in [9.17, 15) is 4.57 Å². The Balaban J connectivity index is 3.82. The standard InChI is InChI=1S/C3H5O3P/c1-2-3(4)7(5)6/h2H,1H3,(H-,4,5,6)/p+1. The minimum atomic E-state index is -2.50. The van der Waals surface area contributed by atoms with Crippen LogP contribution in [0.1, 0.15) is 6.92 Å². The van der Waals surface area contributed by atoms with E-state index < -0.39 is 13.5 Å². The summed E-state index contributed by atoms with van der Waals surface area (Å²) in [7, 11) is -2.50. The van der Waals surface area contributed by atoms with Crippen molar-refractivity contribution in [2.45, 2.75) is 6.92 Å². The summed E-state index contributed by atoms with van der Waals surface area (Å²) in [5, 5.41) is 8.26. The quantitative estimate of drug-likeness (QED) is 0.404. The molecule has 0 spiro atoms. The van der Waals surface area contributed by atoms with Crippen molar-refractivity contribution in [2.75, 3.05) is 0 Å². The highest BCUT2D eigenvalue weighted by Crippen LogP contribution is 2.22. The van der Waals surface area contributed by atoms with Crippen LogP contribution < -0.4 is 0 Å². The zero-order chi connectivity index (χ0) is 5.86. The Kier molecular flexibility index (Phi) is 2.56. The van der Waals surface area contributed by atoms with Gasteiger partial charge in [0.15, 0.2) is 0 Å². The van der Waals surface area contributed by atoms with Crippen molar-refractivity contribution in [3.63, 3.8) is 0 Å². The predicted molar refractivity (Wildman–Crippen MR) is 26.2 cm³/mol. The molecule has 3 nitrogen and oxygen atoms in total. The van der Waals surface area contributed by atoms with Gasteiger partial charge in [-0.05, 0) is 11.5 Å². The van der Waals surface area contributed by atoms with Crippen molar-refractivity contribution < 1.29 is 14.6 Å². The Morgan fingerprint density at radius 3 is 2.29 bits per heavy atom. The summed E-state index contributed by atoms with van der Waals surface area (Å²) in [5.41, 5.74) is -0.463. The molecular weight excluding hydrogens is 115 g/mol. The van der Waals surface area contributed by atoms with Crippen molar-refractivity contribution in [1.29, 1.82) is 0 Å². The Bertz CT molecular complexity index is 107. The van der Waals surface area contributed by atoms with Gasteiger partial charge in [-0.3, -0.25) is 0 Å². The molecule has 4 heteroatoms. The highest BCUT2D eigenvalue weighted by Gasteiger charge is 2.15. The zero-order valence-electron chi connectivity index (χ0n) is 3.83. The van der Waals surface area contributed by atoms with Crippen molar-refractivity contribution in [1.82, 2.24) is 0 Å². The van der Waals surface area contributed by atoms with Gasteiger partial charge in [0.25, 0.3) is 0 Å². The fourth-order valence-electron chi connectivity index (χ4n) is 0.110. The van der Waals surface area contributed by atoms with E-state index in [0.29, 0.717) is 0 Å². The first-order valence-corrected chi connectivity index (χ1v) is 2.91. The van der Waals surface area contributed by atoms with E-state index in [4.69, 9.17) is 10.00 Å². The molecule has 0 aromatic rings. The molecule has 0 fully saturated rings. The average Bonchev–Trinajstić information content (AvgIpc) is 1.65. The third-order valence-electron chi connectivity index (χ3n) is 0.454. The Morgan fingerprint density at radius 1 is 1.86 bits per heavy atom. The van der Waals surface area contributed by atoms with Crippen LogP contribution in [0, 0.1) is 0 Å². The van der Waals surface area contributed by atoms with Gasteiger partial charge in [0.2, 0.25) is 0 Å². The SMILES string of the molecule is CC=C(O)[P+](=O)O. The molecule has 0 rings (SSSR count). The molecule has 0 heterocycles. The van der Waals surface area contributed by atoms with E-state index in [1.54, 1.807) is 0 Å². The van der Waals surface area contributed by atoms with E-state index in [-0.39, 0.29) is 0 Å². The number of rotatable bonds is 1. The van der Waals surface area contributed by atoms with Crippen molar-refractivity contribution in [3.8, 4) is 0 Å². The van der Waals surface area contributed by atoms with Crippen molar-refractivity contribution in [3.05, 3.63) is 11.6 Å². The summed E-state index contributed by atoms with van der Waals surface area (Å²) in [6.45, 7) is 1.48. The largest absolute Gasteiger partial charge is 0.584 e. The molecule has 0 aromatic carbocycles. The molecule has 0 saturated heterocycles. The van der Waals surface area contributed by atoms with E-state index in [1.807, 2.05) is 0 Å². The third-order valence-corrected chi connectivity index (χ3v) is 1.10. The first-order chi connectivity index (χ1) is 3.18. The van der Waals surface area contributed by atoms with Crippen molar-refractivity contribution in [2.24, 2.45) is 0 Å². The summed E-state index contributed by atoms with van der Waals surface area (Å²) in [5.74, 6) is 0. The van der Waals surface area contributed by atoms with E-state index in [0.717, 1.165) is 0 Å². The number of aliphatic hydroxyl groups excluding tert-OH is 1. The van der Waals surface area contributed by atoms with Crippen LogP contribution in [0.15, 0.2) is 11.6 Å². The molecule has 0 aliphatic carbocycles. The molecule has 0 amide bonds. The number of hydrogen-bond acceptors (Lipinski definition) is 2. The summed E-state index contributed by atoms with van der Waals surface area (Å²) in [6.07, 6.45) is 1.18. The van der Waals surface area contributed by atoms with E-state index in [2.05, 4.69) is 0 Å². The van der Waals surface area contributed by atoms with Gasteiger partial charge in [0, 0.05) is 6.08 Å². The topological polar surface area (TPSA) is 57.5 Å². The molecule has 1 atom stereocenters. The highest BCUT2D eigenvalue weighted by atomic mass is 31.1. The fraction of sp³-hybridized carbons (Fsp3) is 0.333. The highest BCUT2D eigenvalue weighted by molar-refractivity contribution is 7.42. The van der Waals surface area contributed by atoms with Crippen LogP contribution in [0.25, 0.3) is 0 Å². The second-order valence-corrected chi connectivity index (χ2v) is 1.92. The Morgan fingerprint density at radius 2 is 2.29 bits per heavy atom. The number of hydrogen-bond donors (Lipinski definition) is 2. The molecule has 0 aliphatic rings. The lowest BCUT2D eigenvalue weighted by molar-refractivity contribution is 0.416. The molecule has 0 bridgehead atoms. The van der Waals surface area contributed by atoms with Gasteiger partial charge in [-0.2, -0.15) is 4.89 Å². The molecule has 40 valence electrons. The molecule has 2 N–H and O–H groups in total. The number of aliphatic hydroxyl groups is 1. The van der Waals surface area contributed by atoms with Crippen molar-refractivity contribution >= 4 is 8.03 Å². The monoisotopic (exact) mass is 121 g/mol. The van der Waals surface area contributed by atoms with Gasteiger partial charge in [-0.25, -0.2) is 0 Å². The smallest absolute Gasteiger partial charge is 0.472 e. The summed E-state index contributed by atoms with van der Waals surface area (Å²) < 4.78 is 9.76. The second-order valence-electron chi connectivity index (χ2n) is 0.920. The van der Waals surface area contributed by atoms with E-state index >= 15 is 0 Å². The average molecular weight is 121 g/mol. The molecule has 0 aliphatic heterocycles.